The van der Waals surface area contributed by atoms with Gasteiger partial charge in [0.1, 0.15) is 6.26 Å². The molecule has 1 aromatic carbocycles. The molecular weight excluding hydrogens is 180 g/mol. The van der Waals surface area contributed by atoms with Crippen molar-refractivity contribution >= 4 is 0 Å². The third kappa shape index (κ3) is 1.93. The molecule has 1 heterocycles. The van der Waals surface area contributed by atoms with E-state index in [1.807, 2.05) is 30.3 Å². The summed E-state index contributed by atoms with van der Waals surface area (Å²) in [6.07, 6.45) is 1.19. The van der Waals surface area contributed by atoms with Crippen LogP contribution in [0.15, 0.2) is 50.2 Å². The average molecular weight is 186 g/mol. The highest BCUT2D eigenvalue weighted by atomic mass is 16.6. The van der Waals surface area contributed by atoms with Crippen molar-refractivity contribution in [1.82, 2.24) is 0 Å². The van der Waals surface area contributed by atoms with Crippen LogP contribution in [-0.4, -0.2) is 0 Å². The van der Waals surface area contributed by atoms with Crippen LogP contribution in [0.4, 0.5) is 0 Å². The maximum Gasteiger partial charge on any atom is 0.519 e. The molecule has 0 bridgehead atoms. The van der Waals surface area contributed by atoms with E-state index in [0.29, 0.717) is 0 Å². The molecule has 1 aromatic heterocycles. The Labute approximate surface area is 80.0 Å². The minimum atomic E-state index is -0.734. The van der Waals surface area contributed by atoms with Gasteiger partial charge in [0, 0.05) is 5.56 Å². The van der Waals surface area contributed by atoms with Gasteiger partial charge in [-0.3, -0.25) is 0 Å². The van der Waals surface area contributed by atoms with Crippen LogP contribution < -0.4 is 5.82 Å². The van der Waals surface area contributed by atoms with Gasteiger partial charge in [-0.25, -0.2) is 4.79 Å². The molecule has 0 radical (unpaired) electrons. The SMILES string of the molecule is O=c1occ(C#Cc2ccccc2)o1. The highest BCUT2D eigenvalue weighted by Crippen LogP contribution is 1.97. The Morgan fingerprint density at radius 2 is 1.86 bits per heavy atom. The first-order valence-electron chi connectivity index (χ1n) is 4.00. The number of hydrogen-bond donors (Lipinski definition) is 0. The molecule has 0 aliphatic carbocycles. The summed E-state index contributed by atoms with van der Waals surface area (Å²) in [6.45, 7) is 0. The van der Waals surface area contributed by atoms with Gasteiger partial charge >= 0.3 is 5.82 Å². The summed E-state index contributed by atoms with van der Waals surface area (Å²) in [7, 11) is 0. The molecule has 0 aliphatic rings. The standard InChI is InChI=1S/C11H6O3/c12-11-13-8-10(14-11)7-6-9-4-2-1-3-5-9/h1-5,8H. The molecule has 0 atom stereocenters. The molecule has 0 saturated heterocycles. The smallest absolute Gasteiger partial charge is 0.398 e. The molecule has 2 rings (SSSR count). The van der Waals surface area contributed by atoms with Crippen LogP contribution in [0.25, 0.3) is 0 Å². The Kier molecular flexibility index (Phi) is 2.20. The fourth-order valence-corrected chi connectivity index (χ4v) is 0.950. The van der Waals surface area contributed by atoms with Crippen molar-refractivity contribution in [2.45, 2.75) is 0 Å². The first-order chi connectivity index (χ1) is 6.84. The largest absolute Gasteiger partial charge is 0.519 e. The van der Waals surface area contributed by atoms with Crippen LogP contribution in [-0.2, 0) is 0 Å². The highest BCUT2D eigenvalue weighted by Gasteiger charge is 1.94. The number of rotatable bonds is 0. The molecule has 68 valence electrons. The summed E-state index contributed by atoms with van der Waals surface area (Å²) < 4.78 is 9.04. The molecule has 0 aliphatic heterocycles. The third-order valence-corrected chi connectivity index (χ3v) is 1.56. The van der Waals surface area contributed by atoms with Crippen LogP contribution in [0.3, 0.4) is 0 Å². The Morgan fingerprint density at radius 3 is 2.50 bits per heavy atom. The van der Waals surface area contributed by atoms with Gasteiger partial charge in [-0.05, 0) is 18.1 Å². The van der Waals surface area contributed by atoms with E-state index in [9.17, 15) is 4.79 Å². The summed E-state index contributed by atoms with van der Waals surface area (Å²) >= 11 is 0. The van der Waals surface area contributed by atoms with E-state index in [1.54, 1.807) is 0 Å². The van der Waals surface area contributed by atoms with Gasteiger partial charge in [-0.15, -0.1) is 0 Å². The Hall–Kier alpha value is -2.21. The van der Waals surface area contributed by atoms with Gasteiger partial charge in [0.05, 0.1) is 0 Å². The second-order valence-corrected chi connectivity index (χ2v) is 2.57. The molecule has 3 heteroatoms. The van der Waals surface area contributed by atoms with Crippen molar-refractivity contribution in [3.05, 3.63) is 58.5 Å². The zero-order chi connectivity index (χ0) is 9.80. The fraction of sp³-hybridized carbons (Fsp3) is 0. The van der Waals surface area contributed by atoms with Gasteiger partial charge in [0.25, 0.3) is 0 Å². The van der Waals surface area contributed by atoms with E-state index in [1.165, 1.54) is 6.26 Å². The van der Waals surface area contributed by atoms with E-state index in [4.69, 9.17) is 0 Å². The van der Waals surface area contributed by atoms with Crippen molar-refractivity contribution in [2.24, 2.45) is 0 Å². The quantitative estimate of drug-likeness (QED) is 0.587. The lowest BCUT2D eigenvalue weighted by atomic mass is 10.2. The van der Waals surface area contributed by atoms with Crippen molar-refractivity contribution in [3.63, 3.8) is 0 Å². The Bertz CT molecular complexity index is 523. The second-order valence-electron chi connectivity index (χ2n) is 2.57. The van der Waals surface area contributed by atoms with Crippen molar-refractivity contribution < 1.29 is 8.83 Å². The third-order valence-electron chi connectivity index (χ3n) is 1.56. The first-order valence-corrected chi connectivity index (χ1v) is 4.00. The van der Waals surface area contributed by atoms with Crippen LogP contribution in [0.2, 0.25) is 0 Å². The van der Waals surface area contributed by atoms with E-state index in [2.05, 4.69) is 20.7 Å². The Balaban J connectivity index is 2.27. The van der Waals surface area contributed by atoms with Gasteiger partial charge < -0.3 is 8.83 Å². The average Bonchev–Trinajstić information content (AvgIpc) is 2.63. The topological polar surface area (TPSA) is 43.4 Å². The normalized spacial score (nSPS) is 9.14. The van der Waals surface area contributed by atoms with Gasteiger partial charge in [-0.1, -0.05) is 24.1 Å². The number of benzene rings is 1. The van der Waals surface area contributed by atoms with E-state index in [0.717, 1.165) is 5.56 Å². The molecule has 3 nitrogen and oxygen atoms in total. The molecule has 0 saturated carbocycles. The fourth-order valence-electron chi connectivity index (χ4n) is 0.950. The second kappa shape index (κ2) is 3.67. The monoisotopic (exact) mass is 186 g/mol. The van der Waals surface area contributed by atoms with Gasteiger partial charge in [0.15, 0.2) is 0 Å². The lowest BCUT2D eigenvalue weighted by Gasteiger charge is -1.84. The first kappa shape index (κ1) is 8.39. The molecule has 0 amide bonds. The summed E-state index contributed by atoms with van der Waals surface area (Å²) in [5.74, 6) is 5.00. The summed E-state index contributed by atoms with van der Waals surface area (Å²) in [5.41, 5.74) is 0.858. The lowest BCUT2D eigenvalue weighted by molar-refractivity contribution is 0.383. The van der Waals surface area contributed by atoms with Crippen LogP contribution in [0, 0.1) is 11.8 Å². The van der Waals surface area contributed by atoms with E-state index >= 15 is 0 Å². The molecule has 0 fully saturated rings. The predicted molar refractivity (Wildman–Crippen MR) is 49.7 cm³/mol. The molecule has 2 aromatic rings. The summed E-state index contributed by atoms with van der Waals surface area (Å²) in [5, 5.41) is 0. The highest BCUT2D eigenvalue weighted by molar-refractivity contribution is 5.37. The predicted octanol–water partition coefficient (Wildman–Crippen LogP) is 1.63. The molecule has 0 spiro atoms. The van der Waals surface area contributed by atoms with E-state index in [-0.39, 0.29) is 5.76 Å². The molecule has 0 unspecified atom stereocenters. The van der Waals surface area contributed by atoms with E-state index < -0.39 is 5.82 Å². The maximum absolute atomic E-state index is 10.5. The number of hydrogen-bond acceptors (Lipinski definition) is 3. The summed E-state index contributed by atoms with van der Waals surface area (Å²) in [4.78, 5) is 10.5. The van der Waals surface area contributed by atoms with Gasteiger partial charge in [-0.2, -0.15) is 0 Å². The lowest BCUT2D eigenvalue weighted by Crippen LogP contribution is -1.85. The molecule has 0 N–H and O–H groups in total. The van der Waals surface area contributed by atoms with Crippen LogP contribution in [0.5, 0.6) is 0 Å². The van der Waals surface area contributed by atoms with Crippen molar-refractivity contribution in [2.75, 3.05) is 0 Å². The van der Waals surface area contributed by atoms with Gasteiger partial charge in [0.2, 0.25) is 5.76 Å². The minimum Gasteiger partial charge on any atom is -0.398 e. The molecular formula is C11H6O3. The summed E-state index contributed by atoms with van der Waals surface area (Å²) in [6, 6.07) is 9.41. The van der Waals surface area contributed by atoms with Crippen LogP contribution in [0.1, 0.15) is 11.3 Å². The maximum atomic E-state index is 10.5. The zero-order valence-corrected chi connectivity index (χ0v) is 7.19. The zero-order valence-electron chi connectivity index (χ0n) is 7.19. The van der Waals surface area contributed by atoms with Crippen molar-refractivity contribution in [1.29, 1.82) is 0 Å². The minimum absolute atomic E-state index is 0.235. The Morgan fingerprint density at radius 1 is 1.07 bits per heavy atom. The molecule has 14 heavy (non-hydrogen) atoms. The van der Waals surface area contributed by atoms with Crippen molar-refractivity contribution in [3.8, 4) is 11.8 Å². The van der Waals surface area contributed by atoms with Crippen LogP contribution >= 0.6 is 0 Å².